The standard InChI is InChI=1S/C58H96O28/c1-52(2)14-29-57-13-9-28-54(5)11-10-31(53(3,4)27(54)8-12-55(28,6)56(57,7)15-30(63)58(29,51(75)86-57)32(16-52)83-47-42(73)38(69)34(65)23(17-59)78-47)82-49-44(85-48-43(74)39(70)35(66)24(18-60)79-48)37(68)26(21-77-49)81-50-45(40(71)36(67)25(19-61)80-50)84-46-41(72)33(64)22(62)20-76-46/h22-51,59-75H,8-21H2,1-7H3/t22-,23-,24-,25-,26+,27-,28-,29-,30-,31+,32+,33+,34-,35-,36-,37+,38+,39+,40+,41-,42-,43-,44-,45-,46+,47+,48+,49+,50+,51+,54+,55-,56+,57+,58-/m1/s1. The molecule has 0 aromatic heterocycles. The first-order chi connectivity index (χ1) is 40.3. The Balaban J connectivity index is 0.845. The average molecular weight is 1240 g/mol. The van der Waals surface area contributed by atoms with Gasteiger partial charge in [-0.3, -0.25) is 0 Å². The van der Waals surface area contributed by atoms with Gasteiger partial charge in [0.15, 0.2) is 37.7 Å². The molecule has 496 valence electrons. The summed E-state index contributed by atoms with van der Waals surface area (Å²) < 4.78 is 68.4. The number of ether oxygens (including phenoxy) is 11. The van der Waals surface area contributed by atoms with Gasteiger partial charge < -0.3 is 139 Å². The van der Waals surface area contributed by atoms with Gasteiger partial charge in [-0.1, -0.05) is 48.5 Å². The molecular weight excluding hydrogens is 1140 g/mol. The summed E-state index contributed by atoms with van der Waals surface area (Å²) in [5, 5.41) is 187. The molecule has 5 aliphatic carbocycles. The highest BCUT2D eigenvalue weighted by atomic mass is 16.8. The molecule has 0 unspecified atom stereocenters. The van der Waals surface area contributed by atoms with Gasteiger partial charge in [-0.05, 0) is 91.3 Å². The maximum Gasteiger partial charge on any atom is 0.187 e. The molecule has 35 atom stereocenters. The van der Waals surface area contributed by atoms with Crippen LogP contribution >= 0.6 is 0 Å². The van der Waals surface area contributed by atoms with Gasteiger partial charge in [-0.15, -0.1) is 0 Å². The van der Waals surface area contributed by atoms with Crippen LogP contribution in [-0.2, 0) is 52.1 Å². The summed E-state index contributed by atoms with van der Waals surface area (Å²) in [4.78, 5) is 0. The Labute approximate surface area is 498 Å². The number of aliphatic hydroxyl groups is 17. The minimum absolute atomic E-state index is 0.0100. The highest BCUT2D eigenvalue weighted by molar-refractivity contribution is 5.30. The summed E-state index contributed by atoms with van der Waals surface area (Å²) in [5.74, 6) is -0.391. The van der Waals surface area contributed by atoms with Crippen molar-refractivity contribution in [2.45, 2.75) is 278 Å². The molecule has 17 N–H and O–H groups in total. The Kier molecular flexibility index (Phi) is 18.3. The van der Waals surface area contributed by atoms with Crippen LogP contribution in [0.25, 0.3) is 0 Å². The minimum Gasteiger partial charge on any atom is -0.394 e. The van der Waals surface area contributed by atoms with Crippen molar-refractivity contribution in [3.63, 3.8) is 0 Å². The summed E-state index contributed by atoms with van der Waals surface area (Å²) in [6.45, 7) is 12.0. The van der Waals surface area contributed by atoms with Gasteiger partial charge in [-0.2, -0.15) is 0 Å². The topological polar surface area (TPSA) is 445 Å². The smallest absolute Gasteiger partial charge is 0.187 e. The Morgan fingerprint density at radius 1 is 0.430 bits per heavy atom. The molecule has 1 spiro atoms. The zero-order chi connectivity index (χ0) is 62.5. The Morgan fingerprint density at radius 3 is 1.57 bits per heavy atom. The maximum atomic E-state index is 13.0. The molecule has 5 saturated carbocycles. The van der Waals surface area contributed by atoms with Gasteiger partial charge >= 0.3 is 0 Å². The van der Waals surface area contributed by atoms with Gasteiger partial charge in [0.25, 0.3) is 0 Å². The molecule has 28 heteroatoms. The Bertz CT molecular complexity index is 2360. The molecule has 0 amide bonds. The third kappa shape index (κ3) is 10.1. The third-order valence-corrected chi connectivity index (χ3v) is 24.0. The van der Waals surface area contributed by atoms with Crippen LogP contribution in [0.4, 0.5) is 0 Å². The minimum atomic E-state index is -1.94. The Hall–Kier alpha value is -1.12. The van der Waals surface area contributed by atoms with E-state index >= 15 is 0 Å². The number of hydrogen-bond acceptors (Lipinski definition) is 28. The van der Waals surface area contributed by atoms with Crippen molar-refractivity contribution in [1.29, 1.82) is 0 Å². The average Bonchev–Trinajstić information content (AvgIpc) is 1.34. The summed E-state index contributed by atoms with van der Waals surface area (Å²) in [6.07, 6.45) is -37.8. The molecule has 11 aliphatic rings. The van der Waals surface area contributed by atoms with E-state index in [0.29, 0.717) is 51.4 Å². The third-order valence-electron chi connectivity index (χ3n) is 24.0. The molecule has 0 aromatic carbocycles. The fourth-order valence-electron chi connectivity index (χ4n) is 19.2. The van der Waals surface area contributed by atoms with Gasteiger partial charge in [0.2, 0.25) is 0 Å². The SMILES string of the molecule is CC1(C)C[C@H](O[C@@H]2O[C@H](CO)[C@@H](O)[C@H](O)[C@H]2O)[C@@]23[C@H](O)C[C@]4(C)[C@@](CC[C@@H]5[C@@]6(C)CC[C@H](O[C@@H]7OC[C@H](O[C@@H]8O[C@H](CO)[C@@H](O)[C@H](O)[C@H]8O[C@@H]8OC[C@@H](O)[C@H](O)[C@H]8O)[C@H](O)[C@H]7O[C@@H]7O[C@H](CO)[C@@H](O)[C@H](O)[C@H]7O)C(C)(C)[C@H]6CC[C@]54C)(O[C@@H]2O)[C@H]3C1. The first kappa shape index (κ1) is 66.3. The van der Waals surface area contributed by atoms with Gasteiger partial charge in [0, 0.05) is 11.3 Å². The first-order valence-corrected chi connectivity index (χ1v) is 30.8. The van der Waals surface area contributed by atoms with E-state index in [1.807, 2.05) is 0 Å². The van der Waals surface area contributed by atoms with E-state index in [0.717, 1.165) is 0 Å². The lowest BCUT2D eigenvalue weighted by molar-refractivity contribution is -0.392. The maximum absolute atomic E-state index is 13.0. The lowest BCUT2D eigenvalue weighted by Gasteiger charge is -2.75. The number of aliphatic hydroxyl groups excluding tert-OH is 17. The summed E-state index contributed by atoms with van der Waals surface area (Å²) in [5.41, 5.74) is -4.95. The number of fused-ring (bicyclic) bond motifs is 4. The van der Waals surface area contributed by atoms with E-state index in [1.165, 1.54) is 0 Å². The van der Waals surface area contributed by atoms with Gasteiger partial charge in [0.05, 0.1) is 62.4 Å². The summed E-state index contributed by atoms with van der Waals surface area (Å²) in [7, 11) is 0. The van der Waals surface area contributed by atoms with Crippen LogP contribution in [0.5, 0.6) is 0 Å². The van der Waals surface area contributed by atoms with Crippen LogP contribution in [-0.4, -0.2) is 291 Å². The molecule has 2 bridgehead atoms. The molecule has 11 fully saturated rings. The van der Waals surface area contributed by atoms with E-state index in [-0.39, 0.29) is 23.7 Å². The van der Waals surface area contributed by atoms with Crippen LogP contribution in [0, 0.1) is 50.2 Å². The first-order valence-electron chi connectivity index (χ1n) is 30.8. The van der Waals surface area contributed by atoms with Crippen LogP contribution in [0.3, 0.4) is 0 Å². The quantitative estimate of drug-likeness (QED) is 0.0768. The van der Waals surface area contributed by atoms with Crippen molar-refractivity contribution in [3.05, 3.63) is 0 Å². The molecule has 6 saturated heterocycles. The predicted molar refractivity (Wildman–Crippen MR) is 285 cm³/mol. The monoisotopic (exact) mass is 1240 g/mol. The van der Waals surface area contributed by atoms with Gasteiger partial charge in [-0.25, -0.2) is 0 Å². The molecule has 11 rings (SSSR count). The van der Waals surface area contributed by atoms with Crippen molar-refractivity contribution in [2.24, 2.45) is 50.2 Å². The zero-order valence-electron chi connectivity index (χ0n) is 49.8. The Morgan fingerprint density at radius 2 is 0.953 bits per heavy atom. The van der Waals surface area contributed by atoms with Crippen molar-refractivity contribution < 1.29 is 139 Å². The fraction of sp³-hybridized carbons (Fsp3) is 1.00. The van der Waals surface area contributed by atoms with Crippen molar-refractivity contribution >= 4 is 0 Å². The van der Waals surface area contributed by atoms with E-state index in [1.54, 1.807) is 0 Å². The molecule has 0 radical (unpaired) electrons. The van der Waals surface area contributed by atoms with Crippen LogP contribution in [0.1, 0.15) is 106 Å². The zero-order valence-corrected chi connectivity index (χ0v) is 49.8. The van der Waals surface area contributed by atoms with E-state index < -0.39 is 238 Å². The van der Waals surface area contributed by atoms with Crippen LogP contribution < -0.4 is 0 Å². The van der Waals surface area contributed by atoms with Crippen LogP contribution in [0.15, 0.2) is 0 Å². The molecule has 0 aromatic rings. The number of rotatable bonds is 13. The van der Waals surface area contributed by atoms with Crippen molar-refractivity contribution in [2.75, 3.05) is 33.0 Å². The fourth-order valence-corrected chi connectivity index (χ4v) is 19.2. The predicted octanol–water partition coefficient (Wildman–Crippen LogP) is -4.96. The molecule has 6 aliphatic heterocycles. The molecular formula is C58H96O28. The molecule has 86 heavy (non-hydrogen) atoms. The largest absolute Gasteiger partial charge is 0.394 e. The highest BCUT2D eigenvalue weighted by Gasteiger charge is 2.84. The normalized spacial score (nSPS) is 57.8. The van der Waals surface area contributed by atoms with E-state index in [4.69, 9.17) is 52.1 Å². The molecule has 28 nitrogen and oxygen atoms in total. The van der Waals surface area contributed by atoms with Crippen molar-refractivity contribution in [1.82, 2.24) is 0 Å². The van der Waals surface area contributed by atoms with Crippen molar-refractivity contribution in [3.8, 4) is 0 Å². The molecule has 6 heterocycles. The van der Waals surface area contributed by atoms with Gasteiger partial charge in [0.1, 0.15) is 110 Å². The summed E-state index contributed by atoms with van der Waals surface area (Å²) >= 11 is 0. The lowest BCUT2D eigenvalue weighted by atomic mass is 9.30. The van der Waals surface area contributed by atoms with Crippen LogP contribution in [0.2, 0.25) is 0 Å². The number of hydrogen-bond donors (Lipinski definition) is 17. The lowest BCUT2D eigenvalue weighted by Crippen LogP contribution is -2.75. The van der Waals surface area contributed by atoms with E-state index in [2.05, 4.69) is 48.5 Å². The second kappa shape index (κ2) is 23.7. The summed E-state index contributed by atoms with van der Waals surface area (Å²) in [6, 6.07) is 0. The second-order valence-electron chi connectivity index (χ2n) is 29.2. The highest BCUT2D eigenvalue weighted by Crippen LogP contribution is 2.81. The van der Waals surface area contributed by atoms with E-state index in [9.17, 15) is 86.8 Å². The second-order valence-corrected chi connectivity index (χ2v) is 29.2.